The van der Waals surface area contributed by atoms with E-state index in [0.717, 1.165) is 34.9 Å². The summed E-state index contributed by atoms with van der Waals surface area (Å²) in [4.78, 5) is 4.02. The number of nitrogens with two attached hydrogens (primary N) is 1. The molecule has 8 heteroatoms. The van der Waals surface area contributed by atoms with Gasteiger partial charge >= 0.3 is 0 Å². The Morgan fingerprint density at radius 1 is 1.33 bits per heavy atom. The molecule has 3 N–H and O–H groups in total. The van der Waals surface area contributed by atoms with E-state index in [0.29, 0.717) is 5.82 Å². The lowest BCUT2D eigenvalue weighted by atomic mass is 10.1. The first-order valence-electron chi connectivity index (χ1n) is 6.48. The molecule has 108 valence electrons. The van der Waals surface area contributed by atoms with Gasteiger partial charge in [0.05, 0.1) is 5.56 Å². The predicted molar refractivity (Wildman–Crippen MR) is 83.0 cm³/mol. The Hall–Kier alpha value is -2.48. The third kappa shape index (κ3) is 2.84. The van der Waals surface area contributed by atoms with Crippen molar-refractivity contribution >= 4 is 22.4 Å². The topological polar surface area (TPSA) is 94.5 Å². The maximum absolute atomic E-state index is 5.98. The number of hydrogen-bond acceptors (Lipinski definition) is 7. The van der Waals surface area contributed by atoms with Gasteiger partial charge in [0.25, 0.3) is 0 Å². The lowest BCUT2D eigenvalue weighted by molar-refractivity contribution is 0.789. The van der Waals surface area contributed by atoms with Crippen LogP contribution < -0.4 is 11.1 Å². The van der Waals surface area contributed by atoms with Crippen LogP contribution in [0.25, 0.3) is 11.1 Å². The van der Waals surface area contributed by atoms with Crippen LogP contribution in [0, 0.1) is 0 Å². The molecule has 0 aliphatic heterocycles. The average molecular weight is 301 g/mol. The Kier molecular flexibility index (Phi) is 3.78. The van der Waals surface area contributed by atoms with Gasteiger partial charge in [0.2, 0.25) is 0 Å². The van der Waals surface area contributed by atoms with E-state index in [2.05, 4.69) is 24.9 Å². The molecule has 0 aliphatic rings. The number of rotatable bonds is 5. The summed E-state index contributed by atoms with van der Waals surface area (Å²) in [5.74, 6) is 1.47. The molecular weight excluding hydrogens is 286 g/mol. The summed E-state index contributed by atoms with van der Waals surface area (Å²) in [6.07, 6.45) is 5.97. The predicted octanol–water partition coefficient (Wildman–Crippen LogP) is 1.57. The van der Waals surface area contributed by atoms with Gasteiger partial charge < -0.3 is 15.6 Å². The third-order valence-corrected chi connectivity index (χ3v) is 3.95. The molecule has 7 nitrogen and oxygen atoms in total. The lowest BCUT2D eigenvalue weighted by Crippen LogP contribution is -2.08. The molecule has 0 aromatic carbocycles. The number of aromatic nitrogens is 5. The van der Waals surface area contributed by atoms with Gasteiger partial charge in [0.1, 0.15) is 23.0 Å². The normalized spacial score (nSPS) is 10.7. The second-order valence-electron chi connectivity index (χ2n) is 4.54. The summed E-state index contributed by atoms with van der Waals surface area (Å²) in [7, 11) is 1.93. The van der Waals surface area contributed by atoms with Gasteiger partial charge in [-0.2, -0.15) is 4.37 Å². The van der Waals surface area contributed by atoms with Crippen molar-refractivity contribution in [2.45, 2.75) is 6.42 Å². The van der Waals surface area contributed by atoms with Crippen molar-refractivity contribution in [3.63, 3.8) is 0 Å². The number of aryl methyl sites for hydroxylation is 1. The summed E-state index contributed by atoms with van der Waals surface area (Å²) >= 11 is 1.36. The largest absolute Gasteiger partial charge is 0.382 e. The zero-order valence-electron chi connectivity index (χ0n) is 11.5. The average Bonchev–Trinajstić information content (AvgIpc) is 3.07. The molecule has 3 aromatic rings. The molecule has 3 rings (SSSR count). The van der Waals surface area contributed by atoms with Gasteiger partial charge in [0.15, 0.2) is 0 Å². The highest BCUT2D eigenvalue weighted by Gasteiger charge is 2.13. The number of nitrogens with zero attached hydrogens (tertiary/aromatic N) is 5. The highest BCUT2D eigenvalue weighted by Crippen LogP contribution is 2.36. The molecule has 0 amide bonds. The minimum atomic E-state index is 0.535. The van der Waals surface area contributed by atoms with E-state index in [9.17, 15) is 0 Å². The van der Waals surface area contributed by atoms with Crippen LogP contribution in [-0.4, -0.2) is 30.7 Å². The van der Waals surface area contributed by atoms with Crippen LogP contribution in [0.2, 0.25) is 0 Å². The van der Waals surface area contributed by atoms with Crippen LogP contribution in [0.4, 0.5) is 10.8 Å². The highest BCUT2D eigenvalue weighted by molar-refractivity contribution is 7.11. The quantitative estimate of drug-likeness (QED) is 0.743. The van der Waals surface area contributed by atoms with Crippen molar-refractivity contribution in [2.75, 3.05) is 17.6 Å². The zero-order chi connectivity index (χ0) is 14.7. The van der Waals surface area contributed by atoms with E-state index >= 15 is 0 Å². The summed E-state index contributed by atoms with van der Waals surface area (Å²) < 4.78 is 6.14. The third-order valence-electron chi connectivity index (χ3n) is 3.13. The first-order valence-corrected chi connectivity index (χ1v) is 7.25. The first-order chi connectivity index (χ1) is 10.3. The minimum absolute atomic E-state index is 0.535. The lowest BCUT2D eigenvalue weighted by Gasteiger charge is -2.07. The summed E-state index contributed by atoms with van der Waals surface area (Å²) in [6.45, 7) is 0.742. The minimum Gasteiger partial charge on any atom is -0.382 e. The molecule has 0 bridgehead atoms. The fourth-order valence-electron chi connectivity index (χ4n) is 2.04. The number of hydrogen-bond donors (Lipinski definition) is 2. The van der Waals surface area contributed by atoms with E-state index < -0.39 is 0 Å². The van der Waals surface area contributed by atoms with Crippen LogP contribution in [0.1, 0.15) is 5.82 Å². The molecule has 0 aliphatic carbocycles. The molecule has 3 heterocycles. The molecule has 0 fully saturated rings. The number of nitrogen functional groups attached to an aromatic ring is 1. The molecule has 0 spiro atoms. The Labute approximate surface area is 126 Å². The van der Waals surface area contributed by atoms with Crippen LogP contribution in [0.5, 0.6) is 0 Å². The SMILES string of the molecule is Cn1cnnc1CCNc1snc(N)c1-c1ccncc1. The van der Waals surface area contributed by atoms with Gasteiger partial charge in [-0.15, -0.1) is 10.2 Å². The zero-order valence-corrected chi connectivity index (χ0v) is 12.3. The number of nitrogens with one attached hydrogen (secondary N) is 1. The molecule has 0 radical (unpaired) electrons. The molecule has 0 saturated heterocycles. The number of pyridine rings is 1. The van der Waals surface area contributed by atoms with Crippen LogP contribution >= 0.6 is 11.5 Å². The van der Waals surface area contributed by atoms with Crippen molar-refractivity contribution in [3.8, 4) is 11.1 Å². The van der Waals surface area contributed by atoms with E-state index in [1.165, 1.54) is 11.5 Å². The summed E-state index contributed by atoms with van der Waals surface area (Å²) in [6, 6.07) is 3.85. The van der Waals surface area contributed by atoms with Gasteiger partial charge in [-0.3, -0.25) is 4.98 Å². The van der Waals surface area contributed by atoms with Crippen molar-refractivity contribution in [3.05, 3.63) is 36.7 Å². The maximum Gasteiger partial charge on any atom is 0.147 e. The van der Waals surface area contributed by atoms with Gasteiger partial charge in [0, 0.05) is 32.4 Å². The smallest absolute Gasteiger partial charge is 0.147 e. The van der Waals surface area contributed by atoms with Gasteiger partial charge in [-0.05, 0) is 29.2 Å². The van der Waals surface area contributed by atoms with E-state index in [1.54, 1.807) is 18.7 Å². The molecule has 21 heavy (non-hydrogen) atoms. The summed E-state index contributed by atoms with van der Waals surface area (Å²) in [5, 5.41) is 12.3. The van der Waals surface area contributed by atoms with E-state index in [-0.39, 0.29) is 0 Å². The highest BCUT2D eigenvalue weighted by atomic mass is 32.1. The molecule has 0 atom stereocenters. The Morgan fingerprint density at radius 2 is 2.14 bits per heavy atom. The fraction of sp³-hybridized carbons (Fsp3) is 0.231. The van der Waals surface area contributed by atoms with Crippen LogP contribution in [0.15, 0.2) is 30.9 Å². The van der Waals surface area contributed by atoms with Crippen molar-refractivity contribution in [1.82, 2.24) is 24.1 Å². The second kappa shape index (κ2) is 5.88. The Morgan fingerprint density at radius 3 is 2.86 bits per heavy atom. The standard InChI is InChI=1S/C13H15N7S/c1-20-8-17-18-10(20)4-7-16-13-11(12(14)19-21-13)9-2-5-15-6-3-9/h2-3,5-6,8,16H,4,7H2,1H3,(H2,14,19). The second-order valence-corrected chi connectivity index (χ2v) is 5.32. The van der Waals surface area contributed by atoms with Crippen LogP contribution in [-0.2, 0) is 13.5 Å². The maximum atomic E-state index is 5.98. The molecule has 0 unspecified atom stereocenters. The Bertz CT molecular complexity index is 719. The van der Waals surface area contributed by atoms with Crippen molar-refractivity contribution in [2.24, 2.45) is 7.05 Å². The van der Waals surface area contributed by atoms with Gasteiger partial charge in [-0.1, -0.05) is 0 Å². The van der Waals surface area contributed by atoms with Crippen molar-refractivity contribution < 1.29 is 0 Å². The number of anilines is 2. The molecule has 0 saturated carbocycles. The summed E-state index contributed by atoms with van der Waals surface area (Å²) in [5.41, 5.74) is 7.92. The van der Waals surface area contributed by atoms with Gasteiger partial charge in [-0.25, -0.2) is 0 Å². The Balaban J connectivity index is 1.73. The van der Waals surface area contributed by atoms with Crippen LogP contribution in [0.3, 0.4) is 0 Å². The first kappa shape index (κ1) is 13.5. The molecule has 3 aromatic heterocycles. The molecular formula is C13H15N7S. The van der Waals surface area contributed by atoms with Crippen molar-refractivity contribution in [1.29, 1.82) is 0 Å². The fourth-order valence-corrected chi connectivity index (χ4v) is 2.80. The monoisotopic (exact) mass is 301 g/mol. The van der Waals surface area contributed by atoms with E-state index in [4.69, 9.17) is 5.73 Å². The van der Waals surface area contributed by atoms with E-state index in [1.807, 2.05) is 23.7 Å².